The summed E-state index contributed by atoms with van der Waals surface area (Å²) in [6, 6.07) is 8.51. The minimum Gasteiger partial charge on any atom is -0.494 e. The van der Waals surface area contributed by atoms with Gasteiger partial charge in [-0.25, -0.2) is 0 Å². The normalized spacial score (nSPS) is 11.9. The van der Waals surface area contributed by atoms with Gasteiger partial charge >= 0.3 is 0 Å². The molecule has 1 heteroatoms. The summed E-state index contributed by atoms with van der Waals surface area (Å²) in [4.78, 5) is 0. The Labute approximate surface area is 113 Å². The third-order valence-corrected chi connectivity index (χ3v) is 3.16. The van der Waals surface area contributed by atoms with Crippen molar-refractivity contribution in [2.45, 2.75) is 59.3 Å². The Kier molecular flexibility index (Phi) is 5.71. The number of ether oxygens (including phenoxy) is 1. The lowest BCUT2D eigenvalue weighted by Crippen LogP contribution is -2.10. The van der Waals surface area contributed by atoms with E-state index < -0.39 is 0 Å². The van der Waals surface area contributed by atoms with Crippen LogP contribution in [-0.4, -0.2) is 6.61 Å². The van der Waals surface area contributed by atoms with E-state index in [1.807, 2.05) is 0 Å². The third kappa shape index (κ3) is 5.57. The molecule has 0 unspecified atom stereocenters. The summed E-state index contributed by atoms with van der Waals surface area (Å²) in [5.74, 6) is 1.80. The molecule has 0 fully saturated rings. The first-order chi connectivity index (χ1) is 8.39. The van der Waals surface area contributed by atoms with Crippen LogP contribution in [0, 0.1) is 5.92 Å². The predicted octanol–water partition coefficient (Wildman–Crippen LogP) is 5.19. The SMILES string of the molecule is CC(C)CCCCOc1ccc(C(C)(C)C)cc1. The first-order valence-electron chi connectivity index (χ1n) is 7.13. The van der Waals surface area contributed by atoms with Gasteiger partial charge in [-0.1, -0.05) is 53.2 Å². The van der Waals surface area contributed by atoms with Crippen molar-refractivity contribution in [2.75, 3.05) is 6.61 Å². The van der Waals surface area contributed by atoms with Gasteiger partial charge in [0.25, 0.3) is 0 Å². The Bertz CT molecular complexity index is 330. The molecule has 0 saturated heterocycles. The Balaban J connectivity index is 2.31. The Morgan fingerprint density at radius 1 is 1.00 bits per heavy atom. The fraction of sp³-hybridized carbons (Fsp3) is 0.647. The lowest BCUT2D eigenvalue weighted by atomic mass is 9.87. The Hall–Kier alpha value is -0.980. The second-order valence-corrected chi connectivity index (χ2v) is 6.51. The van der Waals surface area contributed by atoms with Crippen molar-refractivity contribution in [3.8, 4) is 5.75 Å². The highest BCUT2D eigenvalue weighted by molar-refractivity contribution is 5.31. The average Bonchev–Trinajstić information content (AvgIpc) is 2.27. The van der Waals surface area contributed by atoms with Gasteiger partial charge in [0.15, 0.2) is 0 Å². The first kappa shape index (κ1) is 15.1. The van der Waals surface area contributed by atoms with Crippen molar-refractivity contribution in [1.82, 2.24) is 0 Å². The van der Waals surface area contributed by atoms with Crippen LogP contribution in [0.2, 0.25) is 0 Å². The summed E-state index contributed by atoms with van der Waals surface area (Å²) in [5.41, 5.74) is 1.57. The molecule has 0 radical (unpaired) electrons. The predicted molar refractivity (Wildman–Crippen MR) is 79.3 cm³/mol. The lowest BCUT2D eigenvalue weighted by Gasteiger charge is -2.19. The molecule has 0 atom stereocenters. The van der Waals surface area contributed by atoms with Gasteiger partial charge in [0.1, 0.15) is 5.75 Å². The van der Waals surface area contributed by atoms with Crippen molar-refractivity contribution < 1.29 is 4.74 Å². The lowest BCUT2D eigenvalue weighted by molar-refractivity contribution is 0.301. The van der Waals surface area contributed by atoms with E-state index in [0.29, 0.717) is 0 Å². The van der Waals surface area contributed by atoms with Crippen molar-refractivity contribution in [2.24, 2.45) is 5.92 Å². The monoisotopic (exact) mass is 248 g/mol. The van der Waals surface area contributed by atoms with E-state index in [9.17, 15) is 0 Å². The van der Waals surface area contributed by atoms with Crippen LogP contribution in [0.1, 0.15) is 59.4 Å². The van der Waals surface area contributed by atoms with Crippen molar-refractivity contribution in [3.05, 3.63) is 29.8 Å². The summed E-state index contributed by atoms with van der Waals surface area (Å²) < 4.78 is 5.76. The van der Waals surface area contributed by atoms with Crippen LogP contribution >= 0.6 is 0 Å². The molecule has 0 amide bonds. The number of rotatable bonds is 6. The van der Waals surface area contributed by atoms with Gasteiger partial charge in [-0.15, -0.1) is 0 Å². The quantitative estimate of drug-likeness (QED) is 0.629. The highest BCUT2D eigenvalue weighted by Crippen LogP contribution is 2.24. The van der Waals surface area contributed by atoms with Gasteiger partial charge < -0.3 is 4.74 Å². The molecule has 0 aliphatic carbocycles. The molecular formula is C17H28O. The van der Waals surface area contributed by atoms with Gasteiger partial charge in [-0.2, -0.15) is 0 Å². The van der Waals surface area contributed by atoms with Gasteiger partial charge in [0.05, 0.1) is 6.61 Å². The van der Waals surface area contributed by atoms with E-state index >= 15 is 0 Å². The molecule has 1 aromatic carbocycles. The smallest absolute Gasteiger partial charge is 0.119 e. The molecule has 0 heterocycles. The van der Waals surface area contributed by atoms with Crippen LogP contribution in [0.5, 0.6) is 5.75 Å². The summed E-state index contributed by atoms with van der Waals surface area (Å²) in [6.45, 7) is 12.1. The molecule has 0 bridgehead atoms. The van der Waals surface area contributed by atoms with E-state index in [4.69, 9.17) is 4.74 Å². The molecule has 0 aliphatic rings. The second kappa shape index (κ2) is 6.82. The van der Waals surface area contributed by atoms with Crippen LogP contribution in [0.25, 0.3) is 0 Å². The Morgan fingerprint density at radius 2 is 1.61 bits per heavy atom. The zero-order chi connectivity index (χ0) is 13.6. The van der Waals surface area contributed by atoms with Gasteiger partial charge in [-0.05, 0) is 41.9 Å². The largest absolute Gasteiger partial charge is 0.494 e. The maximum atomic E-state index is 5.76. The van der Waals surface area contributed by atoms with E-state index in [0.717, 1.165) is 24.7 Å². The van der Waals surface area contributed by atoms with Crippen LogP contribution in [-0.2, 0) is 5.41 Å². The number of hydrogen-bond acceptors (Lipinski definition) is 1. The third-order valence-electron chi connectivity index (χ3n) is 3.16. The molecule has 18 heavy (non-hydrogen) atoms. The van der Waals surface area contributed by atoms with Crippen LogP contribution in [0.15, 0.2) is 24.3 Å². The highest BCUT2D eigenvalue weighted by Gasteiger charge is 2.12. The van der Waals surface area contributed by atoms with Gasteiger partial charge in [0, 0.05) is 0 Å². The molecule has 0 aromatic heterocycles. The molecule has 0 N–H and O–H groups in total. The average molecular weight is 248 g/mol. The topological polar surface area (TPSA) is 9.23 Å². The maximum Gasteiger partial charge on any atom is 0.119 e. The molecule has 0 saturated carbocycles. The van der Waals surface area contributed by atoms with E-state index in [-0.39, 0.29) is 5.41 Å². The standard InChI is InChI=1S/C17H28O/c1-14(2)8-6-7-13-18-16-11-9-15(10-12-16)17(3,4)5/h9-12,14H,6-8,13H2,1-5H3. The van der Waals surface area contributed by atoms with Crippen molar-refractivity contribution in [1.29, 1.82) is 0 Å². The number of benzene rings is 1. The summed E-state index contributed by atoms with van der Waals surface area (Å²) >= 11 is 0. The van der Waals surface area contributed by atoms with E-state index in [1.54, 1.807) is 0 Å². The Morgan fingerprint density at radius 3 is 2.11 bits per heavy atom. The van der Waals surface area contributed by atoms with Gasteiger partial charge in [-0.3, -0.25) is 0 Å². The number of hydrogen-bond donors (Lipinski definition) is 0. The first-order valence-corrected chi connectivity index (χ1v) is 7.13. The van der Waals surface area contributed by atoms with Crippen LogP contribution in [0.4, 0.5) is 0 Å². The van der Waals surface area contributed by atoms with Crippen LogP contribution in [0.3, 0.4) is 0 Å². The fourth-order valence-corrected chi connectivity index (χ4v) is 1.90. The van der Waals surface area contributed by atoms with E-state index in [2.05, 4.69) is 58.9 Å². The second-order valence-electron chi connectivity index (χ2n) is 6.51. The molecule has 0 aliphatic heterocycles. The molecule has 1 nitrogen and oxygen atoms in total. The summed E-state index contributed by atoms with van der Waals surface area (Å²) in [6.07, 6.45) is 3.71. The molecular weight excluding hydrogens is 220 g/mol. The highest BCUT2D eigenvalue weighted by atomic mass is 16.5. The molecule has 1 aromatic rings. The maximum absolute atomic E-state index is 5.76. The van der Waals surface area contributed by atoms with Crippen molar-refractivity contribution >= 4 is 0 Å². The fourth-order valence-electron chi connectivity index (χ4n) is 1.90. The molecule has 102 valence electrons. The van der Waals surface area contributed by atoms with Crippen LogP contribution < -0.4 is 4.74 Å². The zero-order valence-corrected chi connectivity index (χ0v) is 12.6. The number of unbranched alkanes of at least 4 members (excludes halogenated alkanes) is 1. The molecule has 0 spiro atoms. The minimum absolute atomic E-state index is 0.218. The zero-order valence-electron chi connectivity index (χ0n) is 12.6. The van der Waals surface area contributed by atoms with Crippen molar-refractivity contribution in [3.63, 3.8) is 0 Å². The minimum atomic E-state index is 0.218. The van der Waals surface area contributed by atoms with E-state index in [1.165, 1.54) is 18.4 Å². The van der Waals surface area contributed by atoms with Gasteiger partial charge in [0.2, 0.25) is 0 Å². The summed E-state index contributed by atoms with van der Waals surface area (Å²) in [7, 11) is 0. The summed E-state index contributed by atoms with van der Waals surface area (Å²) in [5, 5.41) is 0. The molecule has 1 rings (SSSR count).